The van der Waals surface area contributed by atoms with Crippen LogP contribution in [0.5, 0.6) is 0 Å². The molecule has 0 amide bonds. The summed E-state index contributed by atoms with van der Waals surface area (Å²) < 4.78 is 5.89. The fraction of sp³-hybridized carbons (Fsp3) is 0.920. The highest BCUT2D eigenvalue weighted by molar-refractivity contribution is 5.72. The molecule has 0 spiro atoms. The van der Waals surface area contributed by atoms with E-state index in [9.17, 15) is 10.1 Å². The fourth-order valence-electron chi connectivity index (χ4n) is 5.19. The Balaban J connectivity index is 1.67. The van der Waals surface area contributed by atoms with Gasteiger partial charge in [-0.2, -0.15) is 5.26 Å². The second-order valence-corrected chi connectivity index (χ2v) is 9.55. The molecule has 2 saturated carbocycles. The molecule has 0 unspecified atom stereocenters. The standard InChI is InChI=1S/C25H43NO2/c1-3-5-7-8-9-17-25(20-26)18-15-23(16-19-25)28-24(27)22-13-11-21(12-14-22)10-6-4-2/h21-23H,3-19H2,1-2H3. The van der Waals surface area contributed by atoms with Crippen LogP contribution in [0, 0.1) is 28.6 Å². The third-order valence-electron chi connectivity index (χ3n) is 7.31. The third-order valence-corrected chi connectivity index (χ3v) is 7.31. The van der Waals surface area contributed by atoms with Gasteiger partial charge in [0.2, 0.25) is 0 Å². The number of carbonyl (C=O) groups is 1. The summed E-state index contributed by atoms with van der Waals surface area (Å²) in [6.07, 6.45) is 19.2. The van der Waals surface area contributed by atoms with Gasteiger partial charge in [-0.25, -0.2) is 0 Å². The molecule has 28 heavy (non-hydrogen) atoms. The van der Waals surface area contributed by atoms with E-state index in [1.165, 1.54) is 64.2 Å². The zero-order valence-corrected chi connectivity index (χ0v) is 18.5. The highest BCUT2D eigenvalue weighted by Crippen LogP contribution is 2.41. The van der Waals surface area contributed by atoms with Crippen molar-refractivity contribution in [3.63, 3.8) is 0 Å². The molecule has 2 fully saturated rings. The van der Waals surface area contributed by atoms with Crippen LogP contribution in [-0.4, -0.2) is 12.1 Å². The minimum Gasteiger partial charge on any atom is -0.462 e. The number of esters is 1. The molecule has 0 atom stereocenters. The maximum absolute atomic E-state index is 12.6. The molecule has 3 nitrogen and oxygen atoms in total. The van der Waals surface area contributed by atoms with Crippen LogP contribution in [0.4, 0.5) is 0 Å². The lowest BCUT2D eigenvalue weighted by molar-refractivity contribution is -0.158. The maximum Gasteiger partial charge on any atom is 0.309 e. The molecule has 0 bridgehead atoms. The van der Waals surface area contributed by atoms with Crippen LogP contribution >= 0.6 is 0 Å². The first kappa shape index (κ1) is 23.2. The quantitative estimate of drug-likeness (QED) is 0.274. The number of hydrogen-bond acceptors (Lipinski definition) is 3. The number of unbranched alkanes of at least 4 members (excludes halogenated alkanes) is 5. The molecule has 0 aromatic rings. The number of rotatable bonds is 11. The van der Waals surface area contributed by atoms with Gasteiger partial charge in [-0.3, -0.25) is 4.79 Å². The number of nitriles is 1. The van der Waals surface area contributed by atoms with Gasteiger partial charge >= 0.3 is 5.97 Å². The van der Waals surface area contributed by atoms with E-state index in [1.54, 1.807) is 0 Å². The second kappa shape index (κ2) is 12.5. The number of nitrogens with zero attached hydrogens (tertiary/aromatic N) is 1. The summed E-state index contributed by atoms with van der Waals surface area (Å²) in [6, 6.07) is 2.63. The zero-order chi connectivity index (χ0) is 20.2. The van der Waals surface area contributed by atoms with E-state index in [1.807, 2.05) is 0 Å². The predicted octanol–water partition coefficient (Wildman–Crippen LogP) is 7.34. The van der Waals surface area contributed by atoms with Gasteiger partial charge in [0, 0.05) is 0 Å². The van der Waals surface area contributed by atoms with Crippen LogP contribution in [0.3, 0.4) is 0 Å². The van der Waals surface area contributed by atoms with Crippen molar-refractivity contribution < 1.29 is 9.53 Å². The van der Waals surface area contributed by atoms with E-state index in [2.05, 4.69) is 19.9 Å². The summed E-state index contributed by atoms with van der Waals surface area (Å²) in [4.78, 5) is 12.6. The van der Waals surface area contributed by atoms with Gasteiger partial charge in [0.25, 0.3) is 0 Å². The molecule has 0 N–H and O–H groups in total. The Morgan fingerprint density at radius 3 is 2.18 bits per heavy atom. The number of ether oxygens (including phenoxy) is 1. The first-order valence-electron chi connectivity index (χ1n) is 12.2. The minimum absolute atomic E-state index is 0.0444. The first-order chi connectivity index (χ1) is 13.6. The lowest BCUT2D eigenvalue weighted by atomic mass is 9.71. The van der Waals surface area contributed by atoms with E-state index < -0.39 is 0 Å². The zero-order valence-electron chi connectivity index (χ0n) is 18.5. The van der Waals surface area contributed by atoms with Crippen molar-refractivity contribution in [2.75, 3.05) is 0 Å². The van der Waals surface area contributed by atoms with Crippen molar-refractivity contribution in [2.24, 2.45) is 17.3 Å². The summed E-state index contributed by atoms with van der Waals surface area (Å²) in [5.41, 5.74) is -0.160. The normalized spacial score (nSPS) is 30.5. The van der Waals surface area contributed by atoms with E-state index in [-0.39, 0.29) is 23.4 Å². The first-order valence-corrected chi connectivity index (χ1v) is 12.2. The molecule has 0 saturated heterocycles. The molecule has 0 aromatic carbocycles. The van der Waals surface area contributed by atoms with Gasteiger partial charge < -0.3 is 4.74 Å². The molecule has 3 heteroatoms. The monoisotopic (exact) mass is 389 g/mol. The van der Waals surface area contributed by atoms with E-state index >= 15 is 0 Å². The smallest absolute Gasteiger partial charge is 0.309 e. The minimum atomic E-state index is -0.160. The molecule has 2 aliphatic rings. The van der Waals surface area contributed by atoms with Crippen LogP contribution in [0.2, 0.25) is 0 Å². The van der Waals surface area contributed by atoms with E-state index in [0.29, 0.717) is 0 Å². The van der Waals surface area contributed by atoms with Gasteiger partial charge in [-0.1, -0.05) is 65.2 Å². The van der Waals surface area contributed by atoms with Gasteiger partial charge in [-0.05, 0) is 63.7 Å². The van der Waals surface area contributed by atoms with Gasteiger partial charge in [0.1, 0.15) is 6.10 Å². The average Bonchev–Trinajstić information content (AvgIpc) is 2.74. The summed E-state index contributed by atoms with van der Waals surface area (Å²) in [5, 5.41) is 9.74. The molecule has 2 rings (SSSR count). The molecule has 0 heterocycles. The molecule has 0 aliphatic heterocycles. The summed E-state index contributed by atoms with van der Waals surface area (Å²) in [7, 11) is 0. The number of carbonyl (C=O) groups excluding carboxylic acids is 1. The highest BCUT2D eigenvalue weighted by Gasteiger charge is 2.37. The largest absolute Gasteiger partial charge is 0.462 e. The van der Waals surface area contributed by atoms with E-state index in [4.69, 9.17) is 4.74 Å². The maximum atomic E-state index is 12.6. The summed E-state index contributed by atoms with van der Waals surface area (Å²) in [6.45, 7) is 4.48. The molecular formula is C25H43NO2. The Labute approximate surface area is 173 Å². The van der Waals surface area contributed by atoms with Crippen molar-refractivity contribution in [1.82, 2.24) is 0 Å². The Hall–Kier alpha value is -1.04. The van der Waals surface area contributed by atoms with Crippen LogP contribution in [-0.2, 0) is 9.53 Å². The molecule has 0 radical (unpaired) electrons. The Bertz CT molecular complexity index is 479. The van der Waals surface area contributed by atoms with Crippen molar-refractivity contribution >= 4 is 5.97 Å². The summed E-state index contributed by atoms with van der Waals surface area (Å²) >= 11 is 0. The molecule has 2 aliphatic carbocycles. The SMILES string of the molecule is CCCCCCCC1(C#N)CCC(OC(=O)C2CCC(CCCC)CC2)CC1. The average molecular weight is 390 g/mol. The van der Waals surface area contributed by atoms with Gasteiger partial charge in [-0.15, -0.1) is 0 Å². The van der Waals surface area contributed by atoms with E-state index in [0.717, 1.165) is 50.9 Å². The van der Waals surface area contributed by atoms with Gasteiger partial charge in [0.15, 0.2) is 0 Å². The van der Waals surface area contributed by atoms with Crippen molar-refractivity contribution in [3.8, 4) is 6.07 Å². The van der Waals surface area contributed by atoms with Gasteiger partial charge in [0.05, 0.1) is 17.4 Å². The third kappa shape index (κ3) is 7.41. The molecular weight excluding hydrogens is 346 g/mol. The topological polar surface area (TPSA) is 50.1 Å². The highest BCUT2D eigenvalue weighted by atomic mass is 16.5. The Morgan fingerprint density at radius 2 is 1.57 bits per heavy atom. The van der Waals surface area contributed by atoms with Crippen molar-refractivity contribution in [3.05, 3.63) is 0 Å². The predicted molar refractivity (Wildman–Crippen MR) is 115 cm³/mol. The van der Waals surface area contributed by atoms with Crippen LogP contribution in [0.15, 0.2) is 0 Å². The molecule has 0 aromatic heterocycles. The summed E-state index contributed by atoms with van der Waals surface area (Å²) in [5.74, 6) is 0.995. The van der Waals surface area contributed by atoms with Crippen LogP contribution < -0.4 is 0 Å². The fourth-order valence-corrected chi connectivity index (χ4v) is 5.19. The van der Waals surface area contributed by atoms with Crippen molar-refractivity contribution in [2.45, 2.75) is 129 Å². The second-order valence-electron chi connectivity index (χ2n) is 9.55. The number of hydrogen-bond donors (Lipinski definition) is 0. The lowest BCUT2D eigenvalue weighted by Gasteiger charge is -2.35. The van der Waals surface area contributed by atoms with Crippen LogP contribution in [0.1, 0.15) is 123 Å². The molecule has 160 valence electrons. The van der Waals surface area contributed by atoms with Crippen molar-refractivity contribution in [1.29, 1.82) is 5.26 Å². The van der Waals surface area contributed by atoms with Crippen LogP contribution in [0.25, 0.3) is 0 Å². The Morgan fingerprint density at radius 1 is 0.929 bits per heavy atom. The Kier molecular flexibility index (Phi) is 10.4. The lowest BCUT2D eigenvalue weighted by Crippen LogP contribution is -2.33.